The topological polar surface area (TPSA) is 96.3 Å². The molecule has 0 aliphatic carbocycles. The first-order valence-corrected chi connectivity index (χ1v) is 5.85. The van der Waals surface area contributed by atoms with Gasteiger partial charge >= 0.3 is 5.97 Å². The number of carbonyl (C=O) groups is 1. The van der Waals surface area contributed by atoms with Crippen LogP contribution in [0.1, 0.15) is 21.5 Å². The molecule has 0 aliphatic rings. The molecule has 0 atom stereocenters. The lowest BCUT2D eigenvalue weighted by atomic mass is 10.1. The first kappa shape index (κ1) is 13.4. The summed E-state index contributed by atoms with van der Waals surface area (Å²) in [6.07, 6.45) is 0. The summed E-state index contributed by atoms with van der Waals surface area (Å²) in [4.78, 5) is 11.1. The number of nitrogen functional groups attached to an aromatic ring is 1. The number of ether oxygens (including phenoxy) is 1. The van der Waals surface area contributed by atoms with Gasteiger partial charge in [-0.1, -0.05) is 18.2 Å². The maximum absolute atomic E-state index is 11.1. The zero-order valence-corrected chi connectivity index (χ0v) is 10.5. The van der Waals surface area contributed by atoms with E-state index in [1.54, 1.807) is 36.4 Å². The van der Waals surface area contributed by atoms with Crippen LogP contribution in [-0.2, 0) is 6.61 Å². The standard InChI is InChI=1S/C15H12N2O3/c16-8-10-4-6-11(7-5-10)9-20-14-12(15(18)19)2-1-3-13(14)17/h1-7H,9,17H2,(H,18,19). The van der Waals surface area contributed by atoms with E-state index in [4.69, 9.17) is 20.8 Å². The minimum Gasteiger partial charge on any atom is -0.486 e. The highest BCUT2D eigenvalue weighted by Gasteiger charge is 2.13. The number of para-hydroxylation sites is 1. The van der Waals surface area contributed by atoms with Gasteiger partial charge in [0.1, 0.15) is 12.2 Å². The third-order valence-corrected chi connectivity index (χ3v) is 2.74. The first-order valence-electron chi connectivity index (χ1n) is 5.85. The highest BCUT2D eigenvalue weighted by atomic mass is 16.5. The number of carboxylic acid groups (broad SMARTS) is 1. The minimum absolute atomic E-state index is 0.0265. The van der Waals surface area contributed by atoms with Crippen LogP contribution in [0.25, 0.3) is 0 Å². The van der Waals surface area contributed by atoms with Crippen LogP contribution in [0.3, 0.4) is 0 Å². The van der Waals surface area contributed by atoms with Crippen molar-refractivity contribution in [2.24, 2.45) is 0 Å². The van der Waals surface area contributed by atoms with Gasteiger partial charge in [-0.3, -0.25) is 0 Å². The van der Waals surface area contributed by atoms with E-state index in [0.717, 1.165) is 5.56 Å². The van der Waals surface area contributed by atoms with Crippen LogP contribution in [0.5, 0.6) is 5.75 Å². The number of hydrogen-bond donors (Lipinski definition) is 2. The van der Waals surface area contributed by atoms with Crippen LogP contribution in [0.15, 0.2) is 42.5 Å². The van der Waals surface area contributed by atoms with Crippen molar-refractivity contribution in [1.82, 2.24) is 0 Å². The largest absolute Gasteiger partial charge is 0.486 e. The van der Waals surface area contributed by atoms with Crippen molar-refractivity contribution >= 4 is 11.7 Å². The molecule has 0 heterocycles. The number of benzene rings is 2. The van der Waals surface area contributed by atoms with Crippen molar-refractivity contribution in [3.63, 3.8) is 0 Å². The molecule has 3 N–H and O–H groups in total. The average molecular weight is 268 g/mol. The summed E-state index contributed by atoms with van der Waals surface area (Å²) in [6, 6.07) is 13.4. The minimum atomic E-state index is -1.09. The third-order valence-electron chi connectivity index (χ3n) is 2.74. The van der Waals surface area contributed by atoms with Crippen LogP contribution in [0.4, 0.5) is 5.69 Å². The summed E-state index contributed by atoms with van der Waals surface area (Å²) < 4.78 is 5.50. The summed E-state index contributed by atoms with van der Waals surface area (Å²) in [6.45, 7) is 0.181. The molecular formula is C15H12N2O3. The fraction of sp³-hybridized carbons (Fsp3) is 0.0667. The van der Waals surface area contributed by atoms with E-state index < -0.39 is 5.97 Å². The number of nitrogens with two attached hydrogens (primary N) is 1. The van der Waals surface area contributed by atoms with Crippen LogP contribution in [-0.4, -0.2) is 11.1 Å². The summed E-state index contributed by atoms with van der Waals surface area (Å²) in [5.41, 5.74) is 7.42. The van der Waals surface area contributed by atoms with Gasteiger partial charge in [0.15, 0.2) is 5.75 Å². The predicted octanol–water partition coefficient (Wildman–Crippen LogP) is 2.42. The van der Waals surface area contributed by atoms with Gasteiger partial charge in [-0.25, -0.2) is 4.79 Å². The number of aromatic carboxylic acids is 1. The molecule has 0 aromatic heterocycles. The fourth-order valence-electron chi connectivity index (χ4n) is 1.72. The molecule has 0 aliphatic heterocycles. The monoisotopic (exact) mass is 268 g/mol. The van der Waals surface area contributed by atoms with Gasteiger partial charge in [0.05, 0.1) is 17.3 Å². The average Bonchev–Trinajstić information content (AvgIpc) is 2.46. The first-order chi connectivity index (χ1) is 9.61. The van der Waals surface area contributed by atoms with Crippen molar-refractivity contribution in [3.05, 3.63) is 59.2 Å². The Morgan fingerprint density at radius 3 is 2.55 bits per heavy atom. The molecule has 0 saturated heterocycles. The second-order valence-corrected chi connectivity index (χ2v) is 4.13. The Hall–Kier alpha value is -3.00. The summed E-state index contributed by atoms with van der Waals surface area (Å²) in [7, 11) is 0. The molecule has 0 saturated carbocycles. The van der Waals surface area contributed by atoms with Crippen LogP contribution in [0.2, 0.25) is 0 Å². The van der Waals surface area contributed by atoms with Crippen LogP contribution >= 0.6 is 0 Å². The van der Waals surface area contributed by atoms with E-state index in [9.17, 15) is 4.79 Å². The molecule has 100 valence electrons. The fourth-order valence-corrected chi connectivity index (χ4v) is 1.72. The van der Waals surface area contributed by atoms with Gasteiger partial charge in [-0.2, -0.15) is 5.26 Å². The van der Waals surface area contributed by atoms with Gasteiger partial charge in [-0.05, 0) is 29.8 Å². The lowest BCUT2D eigenvalue weighted by Gasteiger charge is -2.11. The zero-order valence-electron chi connectivity index (χ0n) is 10.5. The molecule has 2 rings (SSSR count). The highest BCUT2D eigenvalue weighted by Crippen LogP contribution is 2.27. The predicted molar refractivity (Wildman–Crippen MR) is 73.3 cm³/mol. The van der Waals surface area contributed by atoms with Crippen molar-refractivity contribution < 1.29 is 14.6 Å². The molecule has 0 amide bonds. The van der Waals surface area contributed by atoms with Gasteiger partial charge in [-0.15, -0.1) is 0 Å². The number of anilines is 1. The maximum atomic E-state index is 11.1. The normalized spacial score (nSPS) is 9.75. The molecule has 2 aromatic rings. The van der Waals surface area contributed by atoms with Gasteiger partial charge in [0.25, 0.3) is 0 Å². The van der Waals surface area contributed by atoms with E-state index in [1.165, 1.54) is 6.07 Å². The number of nitrogens with zero attached hydrogens (tertiary/aromatic N) is 1. The Morgan fingerprint density at radius 2 is 1.95 bits per heavy atom. The van der Waals surface area contributed by atoms with Crippen LogP contribution < -0.4 is 10.5 Å². The number of nitriles is 1. The molecular weight excluding hydrogens is 256 g/mol. The SMILES string of the molecule is N#Cc1ccc(COc2c(N)cccc2C(=O)O)cc1. The van der Waals surface area contributed by atoms with E-state index >= 15 is 0 Å². The van der Waals surface area contributed by atoms with E-state index in [2.05, 4.69) is 0 Å². The second kappa shape index (κ2) is 5.76. The molecule has 20 heavy (non-hydrogen) atoms. The number of rotatable bonds is 4. The van der Waals surface area contributed by atoms with Crippen molar-refractivity contribution in [3.8, 4) is 11.8 Å². The molecule has 5 heteroatoms. The molecule has 0 bridgehead atoms. The van der Waals surface area contributed by atoms with Gasteiger partial charge in [0, 0.05) is 0 Å². The van der Waals surface area contributed by atoms with Gasteiger partial charge < -0.3 is 15.6 Å². The Morgan fingerprint density at radius 1 is 1.25 bits per heavy atom. The lowest BCUT2D eigenvalue weighted by molar-refractivity contribution is 0.0692. The zero-order chi connectivity index (χ0) is 14.5. The van der Waals surface area contributed by atoms with Crippen LogP contribution in [0, 0.1) is 11.3 Å². The molecule has 0 fully saturated rings. The molecule has 2 aromatic carbocycles. The van der Waals surface area contributed by atoms with E-state index in [-0.39, 0.29) is 23.6 Å². The molecule has 0 spiro atoms. The third kappa shape index (κ3) is 2.87. The summed E-state index contributed by atoms with van der Waals surface area (Å²) in [5, 5.41) is 17.8. The Balaban J connectivity index is 2.18. The van der Waals surface area contributed by atoms with Gasteiger partial charge in [0.2, 0.25) is 0 Å². The quantitative estimate of drug-likeness (QED) is 0.830. The Labute approximate surface area is 115 Å². The Kier molecular flexibility index (Phi) is 3.87. The van der Waals surface area contributed by atoms with Crippen molar-refractivity contribution in [2.45, 2.75) is 6.61 Å². The lowest BCUT2D eigenvalue weighted by Crippen LogP contribution is -2.06. The summed E-state index contributed by atoms with van der Waals surface area (Å²) in [5.74, 6) is -0.934. The molecule has 5 nitrogen and oxygen atoms in total. The van der Waals surface area contributed by atoms with E-state index in [1.807, 2.05) is 6.07 Å². The van der Waals surface area contributed by atoms with E-state index in [0.29, 0.717) is 5.56 Å². The smallest absolute Gasteiger partial charge is 0.339 e. The Bertz CT molecular complexity index is 673. The van der Waals surface area contributed by atoms with Crippen molar-refractivity contribution in [2.75, 3.05) is 5.73 Å². The number of carboxylic acids is 1. The maximum Gasteiger partial charge on any atom is 0.339 e. The van der Waals surface area contributed by atoms with Crippen molar-refractivity contribution in [1.29, 1.82) is 5.26 Å². The molecule has 0 unspecified atom stereocenters. The number of hydrogen-bond acceptors (Lipinski definition) is 4. The molecule has 0 radical (unpaired) electrons. The summed E-state index contributed by atoms with van der Waals surface area (Å²) >= 11 is 0. The highest BCUT2D eigenvalue weighted by molar-refractivity contribution is 5.93. The second-order valence-electron chi connectivity index (χ2n) is 4.13.